The van der Waals surface area contributed by atoms with E-state index in [0.29, 0.717) is 5.02 Å². The second-order valence-electron chi connectivity index (χ2n) is 4.23. The lowest BCUT2D eigenvalue weighted by Gasteiger charge is -2.00. The summed E-state index contributed by atoms with van der Waals surface area (Å²) >= 11 is 9.55. The maximum atomic E-state index is 6.03. The molecule has 2 aromatic carbocycles. The van der Waals surface area contributed by atoms with Crippen LogP contribution in [0.15, 0.2) is 40.9 Å². The normalized spacial score (nSPS) is 11.1. The highest BCUT2D eigenvalue weighted by Gasteiger charge is 2.09. The summed E-state index contributed by atoms with van der Waals surface area (Å²) in [5.41, 5.74) is 4.18. The number of imidazole rings is 1. The van der Waals surface area contributed by atoms with Crippen molar-refractivity contribution in [3.05, 3.63) is 51.5 Å². The third-order valence-corrected chi connectivity index (χ3v) is 3.75. The second kappa shape index (κ2) is 4.41. The monoisotopic (exact) mass is 320 g/mol. The minimum atomic E-state index is 0.699. The van der Waals surface area contributed by atoms with Crippen LogP contribution in [-0.4, -0.2) is 9.97 Å². The first kappa shape index (κ1) is 11.8. The van der Waals surface area contributed by atoms with E-state index in [1.165, 1.54) is 5.56 Å². The van der Waals surface area contributed by atoms with Crippen LogP contribution < -0.4 is 0 Å². The molecule has 18 heavy (non-hydrogen) atoms. The Hall–Kier alpha value is -1.32. The molecule has 0 saturated carbocycles. The van der Waals surface area contributed by atoms with Gasteiger partial charge in [-0.25, -0.2) is 4.98 Å². The molecule has 1 heterocycles. The number of nitrogens with one attached hydrogen (secondary N) is 1. The number of hydrogen-bond acceptors (Lipinski definition) is 1. The first-order valence-electron chi connectivity index (χ1n) is 5.55. The Morgan fingerprint density at radius 2 is 2.00 bits per heavy atom. The largest absolute Gasteiger partial charge is 0.338 e. The molecular formula is C14H10BrClN2. The molecule has 1 N–H and O–H groups in total. The molecule has 0 atom stereocenters. The van der Waals surface area contributed by atoms with Crippen molar-refractivity contribution in [1.82, 2.24) is 9.97 Å². The second-order valence-corrected chi connectivity index (χ2v) is 5.52. The van der Waals surface area contributed by atoms with Crippen LogP contribution in [0, 0.1) is 6.92 Å². The zero-order valence-corrected chi connectivity index (χ0v) is 12.0. The van der Waals surface area contributed by atoms with Crippen molar-refractivity contribution < 1.29 is 0 Å². The Kier molecular flexibility index (Phi) is 2.88. The van der Waals surface area contributed by atoms with Crippen molar-refractivity contribution in [3.63, 3.8) is 0 Å². The number of aromatic amines is 1. The van der Waals surface area contributed by atoms with E-state index in [9.17, 15) is 0 Å². The maximum Gasteiger partial charge on any atom is 0.139 e. The Bertz CT molecular complexity index is 734. The van der Waals surface area contributed by atoms with Crippen LogP contribution in [0.25, 0.3) is 22.4 Å². The summed E-state index contributed by atoms with van der Waals surface area (Å²) in [4.78, 5) is 7.90. The van der Waals surface area contributed by atoms with E-state index < -0.39 is 0 Å². The maximum absolute atomic E-state index is 6.03. The average molecular weight is 322 g/mol. The van der Waals surface area contributed by atoms with Gasteiger partial charge < -0.3 is 4.98 Å². The Balaban J connectivity index is 2.22. The fourth-order valence-corrected chi connectivity index (χ4v) is 2.54. The number of aromatic nitrogens is 2. The molecule has 0 aliphatic rings. The number of rotatable bonds is 1. The quantitative estimate of drug-likeness (QED) is 0.674. The van der Waals surface area contributed by atoms with Gasteiger partial charge in [0.05, 0.1) is 11.0 Å². The van der Waals surface area contributed by atoms with Gasteiger partial charge in [0.1, 0.15) is 5.82 Å². The summed E-state index contributed by atoms with van der Waals surface area (Å²) in [5, 5.41) is 0.699. The summed E-state index contributed by atoms with van der Waals surface area (Å²) in [5.74, 6) is 0.824. The SMILES string of the molecule is Cc1ccc2nc(-c3cc(Cl)ccc3Br)[nH]c2c1. The van der Waals surface area contributed by atoms with E-state index in [1.54, 1.807) is 0 Å². The van der Waals surface area contributed by atoms with E-state index in [-0.39, 0.29) is 0 Å². The van der Waals surface area contributed by atoms with Crippen LogP contribution >= 0.6 is 27.5 Å². The number of benzene rings is 2. The third kappa shape index (κ3) is 2.04. The van der Waals surface area contributed by atoms with E-state index in [0.717, 1.165) is 26.9 Å². The Labute approximate surface area is 118 Å². The van der Waals surface area contributed by atoms with Gasteiger partial charge in [0, 0.05) is 15.1 Å². The third-order valence-electron chi connectivity index (χ3n) is 2.82. The summed E-state index contributed by atoms with van der Waals surface area (Å²) in [6, 6.07) is 11.8. The Morgan fingerprint density at radius 1 is 1.17 bits per heavy atom. The molecule has 0 saturated heterocycles. The molecule has 0 fully saturated rings. The molecule has 0 spiro atoms. The summed E-state index contributed by atoms with van der Waals surface area (Å²) in [6.45, 7) is 2.06. The molecule has 3 rings (SSSR count). The molecule has 3 aromatic rings. The molecule has 0 radical (unpaired) electrons. The van der Waals surface area contributed by atoms with E-state index >= 15 is 0 Å². The minimum Gasteiger partial charge on any atom is -0.338 e. The van der Waals surface area contributed by atoms with Crippen molar-refractivity contribution in [3.8, 4) is 11.4 Å². The predicted octanol–water partition coefficient (Wildman–Crippen LogP) is 4.95. The molecule has 0 aliphatic heterocycles. The average Bonchev–Trinajstić information content (AvgIpc) is 2.74. The van der Waals surface area contributed by atoms with Gasteiger partial charge in [-0.15, -0.1) is 0 Å². The van der Waals surface area contributed by atoms with Gasteiger partial charge in [0.15, 0.2) is 0 Å². The molecule has 0 bridgehead atoms. The number of halogens is 2. The van der Waals surface area contributed by atoms with Crippen LogP contribution in [0.3, 0.4) is 0 Å². The summed E-state index contributed by atoms with van der Waals surface area (Å²) in [7, 11) is 0. The van der Waals surface area contributed by atoms with Crippen LogP contribution in [-0.2, 0) is 0 Å². The highest BCUT2D eigenvalue weighted by atomic mass is 79.9. The van der Waals surface area contributed by atoms with Gasteiger partial charge in [-0.05, 0) is 42.8 Å². The van der Waals surface area contributed by atoms with E-state index in [1.807, 2.05) is 24.3 Å². The van der Waals surface area contributed by atoms with E-state index in [2.05, 4.69) is 45.0 Å². The molecule has 0 amide bonds. The minimum absolute atomic E-state index is 0.699. The van der Waals surface area contributed by atoms with E-state index in [4.69, 9.17) is 11.6 Å². The topological polar surface area (TPSA) is 28.7 Å². The molecular weight excluding hydrogens is 312 g/mol. The van der Waals surface area contributed by atoms with Gasteiger partial charge >= 0.3 is 0 Å². The lowest BCUT2D eigenvalue weighted by molar-refractivity contribution is 1.33. The first-order valence-corrected chi connectivity index (χ1v) is 6.72. The summed E-state index contributed by atoms with van der Waals surface area (Å²) < 4.78 is 0.975. The van der Waals surface area contributed by atoms with Crippen LogP contribution in [0.5, 0.6) is 0 Å². The zero-order chi connectivity index (χ0) is 12.7. The van der Waals surface area contributed by atoms with Gasteiger partial charge in [0.2, 0.25) is 0 Å². The van der Waals surface area contributed by atoms with Crippen LogP contribution in [0.4, 0.5) is 0 Å². The van der Waals surface area contributed by atoms with Crippen molar-refractivity contribution in [2.45, 2.75) is 6.92 Å². The van der Waals surface area contributed by atoms with Gasteiger partial charge in [0.25, 0.3) is 0 Å². The molecule has 1 aromatic heterocycles. The number of nitrogens with zero attached hydrogens (tertiary/aromatic N) is 1. The van der Waals surface area contributed by atoms with Gasteiger partial charge in [-0.3, -0.25) is 0 Å². The van der Waals surface area contributed by atoms with Crippen LogP contribution in [0.2, 0.25) is 5.02 Å². The molecule has 90 valence electrons. The van der Waals surface area contributed by atoms with Crippen LogP contribution in [0.1, 0.15) is 5.56 Å². The standard InChI is InChI=1S/C14H10BrClN2/c1-8-2-5-12-13(6-8)18-14(17-12)10-7-9(16)3-4-11(10)15/h2-7H,1H3,(H,17,18). The lowest BCUT2D eigenvalue weighted by Crippen LogP contribution is -1.82. The predicted molar refractivity (Wildman–Crippen MR) is 79.0 cm³/mol. The fraction of sp³-hybridized carbons (Fsp3) is 0.0714. The van der Waals surface area contributed by atoms with Gasteiger partial charge in [-0.1, -0.05) is 33.6 Å². The zero-order valence-electron chi connectivity index (χ0n) is 9.67. The van der Waals surface area contributed by atoms with Gasteiger partial charge in [-0.2, -0.15) is 0 Å². The summed E-state index contributed by atoms with van der Waals surface area (Å²) in [6.07, 6.45) is 0. The Morgan fingerprint density at radius 3 is 2.83 bits per heavy atom. The first-order chi connectivity index (χ1) is 8.63. The molecule has 0 aliphatic carbocycles. The van der Waals surface area contributed by atoms with Crippen molar-refractivity contribution in [1.29, 1.82) is 0 Å². The molecule has 0 unspecified atom stereocenters. The molecule has 4 heteroatoms. The highest BCUT2D eigenvalue weighted by molar-refractivity contribution is 9.10. The smallest absolute Gasteiger partial charge is 0.139 e. The number of aryl methyl sites for hydroxylation is 1. The molecule has 2 nitrogen and oxygen atoms in total. The lowest BCUT2D eigenvalue weighted by atomic mass is 10.2. The van der Waals surface area contributed by atoms with Crippen molar-refractivity contribution in [2.75, 3.05) is 0 Å². The number of hydrogen-bond donors (Lipinski definition) is 1. The van der Waals surface area contributed by atoms with Crippen molar-refractivity contribution in [2.24, 2.45) is 0 Å². The highest BCUT2D eigenvalue weighted by Crippen LogP contribution is 2.30. The number of H-pyrrole nitrogens is 1. The fourth-order valence-electron chi connectivity index (χ4n) is 1.93. The number of fused-ring (bicyclic) bond motifs is 1. The van der Waals surface area contributed by atoms with Crippen molar-refractivity contribution >= 4 is 38.6 Å².